The highest BCUT2D eigenvalue weighted by Crippen LogP contribution is 2.25. The summed E-state index contributed by atoms with van der Waals surface area (Å²) in [6, 6.07) is 8.40. The van der Waals surface area contributed by atoms with Gasteiger partial charge in [-0.1, -0.05) is 12.1 Å². The largest absolute Gasteiger partial charge is 0.378 e. The minimum absolute atomic E-state index is 0.0713. The number of hydrogen-bond acceptors (Lipinski definition) is 4. The van der Waals surface area contributed by atoms with Crippen molar-refractivity contribution in [3.63, 3.8) is 0 Å². The molecular weight excluding hydrogens is 282 g/mol. The Bertz CT molecular complexity index is 623. The zero-order valence-electron chi connectivity index (χ0n) is 12.9. The summed E-state index contributed by atoms with van der Waals surface area (Å²) in [7, 11) is 1.81. The molecule has 0 aliphatic carbocycles. The summed E-state index contributed by atoms with van der Waals surface area (Å²) in [6.07, 6.45) is 0. The summed E-state index contributed by atoms with van der Waals surface area (Å²) in [6.45, 7) is 6.37. The van der Waals surface area contributed by atoms with E-state index in [9.17, 15) is 4.79 Å². The molecule has 0 radical (unpaired) electrons. The van der Waals surface area contributed by atoms with Crippen molar-refractivity contribution in [1.29, 1.82) is 0 Å². The van der Waals surface area contributed by atoms with Crippen LogP contribution < -0.4 is 5.32 Å². The molecule has 112 valence electrons. The first-order valence-electron chi connectivity index (χ1n) is 6.94. The van der Waals surface area contributed by atoms with Gasteiger partial charge in [0.25, 0.3) is 0 Å². The van der Waals surface area contributed by atoms with Gasteiger partial charge in [-0.05, 0) is 31.5 Å². The molecule has 0 fully saturated rings. The molecule has 1 aromatic carbocycles. The van der Waals surface area contributed by atoms with Crippen LogP contribution in [0.1, 0.15) is 36.0 Å². The third-order valence-corrected chi connectivity index (χ3v) is 4.56. The number of rotatable bonds is 5. The van der Waals surface area contributed by atoms with E-state index in [1.807, 2.05) is 37.7 Å². The molecule has 1 N–H and O–H groups in total. The second kappa shape index (κ2) is 6.72. The molecule has 2 aromatic rings. The Morgan fingerprint density at radius 1 is 1.48 bits per heavy atom. The van der Waals surface area contributed by atoms with E-state index >= 15 is 0 Å². The van der Waals surface area contributed by atoms with E-state index in [1.165, 1.54) is 4.88 Å². The highest BCUT2D eigenvalue weighted by Gasteiger charge is 2.11. The lowest BCUT2D eigenvalue weighted by Gasteiger charge is -2.18. The molecule has 5 heteroatoms. The fourth-order valence-corrected chi connectivity index (χ4v) is 3.00. The van der Waals surface area contributed by atoms with Crippen LogP contribution in [0.2, 0.25) is 0 Å². The van der Waals surface area contributed by atoms with E-state index in [-0.39, 0.29) is 11.9 Å². The third kappa shape index (κ3) is 4.04. The van der Waals surface area contributed by atoms with Crippen LogP contribution in [0.5, 0.6) is 0 Å². The minimum atomic E-state index is 0.0713. The van der Waals surface area contributed by atoms with Crippen molar-refractivity contribution in [2.24, 2.45) is 0 Å². The number of amides is 1. The number of aryl methyl sites for hydroxylation is 1. The van der Waals surface area contributed by atoms with E-state index < -0.39 is 0 Å². The predicted molar refractivity (Wildman–Crippen MR) is 87.5 cm³/mol. The number of anilines is 1. The fourth-order valence-electron chi connectivity index (χ4n) is 2.19. The van der Waals surface area contributed by atoms with Gasteiger partial charge in [-0.3, -0.25) is 4.79 Å². The third-order valence-electron chi connectivity index (χ3n) is 3.44. The maximum absolute atomic E-state index is 11.3. The number of carbonyl (C=O) groups is 1. The van der Waals surface area contributed by atoms with E-state index in [1.54, 1.807) is 23.2 Å². The molecule has 0 bridgehead atoms. The van der Waals surface area contributed by atoms with Crippen molar-refractivity contribution in [3.8, 4) is 0 Å². The second-order valence-electron chi connectivity index (χ2n) is 5.24. The monoisotopic (exact) mass is 303 g/mol. The van der Waals surface area contributed by atoms with Crippen molar-refractivity contribution in [2.75, 3.05) is 12.4 Å². The molecule has 0 saturated heterocycles. The van der Waals surface area contributed by atoms with Gasteiger partial charge in [-0.25, -0.2) is 4.98 Å². The molecule has 1 amide bonds. The first-order valence-corrected chi connectivity index (χ1v) is 7.82. The van der Waals surface area contributed by atoms with E-state index in [0.717, 1.165) is 16.9 Å². The molecule has 0 saturated carbocycles. The zero-order chi connectivity index (χ0) is 15.4. The molecule has 0 spiro atoms. The normalized spacial score (nSPS) is 12.0. The number of aromatic nitrogens is 1. The van der Waals surface area contributed by atoms with Crippen LogP contribution in [0, 0.1) is 6.92 Å². The molecule has 0 aliphatic heterocycles. The Kier molecular flexibility index (Phi) is 4.96. The summed E-state index contributed by atoms with van der Waals surface area (Å²) in [5, 5.41) is 3.49. The van der Waals surface area contributed by atoms with Gasteiger partial charge in [0.2, 0.25) is 5.91 Å². The quantitative estimate of drug-likeness (QED) is 0.918. The van der Waals surface area contributed by atoms with Crippen molar-refractivity contribution in [1.82, 2.24) is 9.88 Å². The lowest BCUT2D eigenvalue weighted by atomic mass is 10.1. The van der Waals surface area contributed by atoms with Gasteiger partial charge >= 0.3 is 0 Å². The Balaban J connectivity index is 2.07. The number of nitrogens with one attached hydrogen (secondary N) is 1. The Morgan fingerprint density at radius 3 is 2.86 bits per heavy atom. The summed E-state index contributed by atoms with van der Waals surface area (Å²) in [4.78, 5) is 18.6. The molecule has 0 aliphatic rings. The van der Waals surface area contributed by atoms with Crippen LogP contribution in [0.25, 0.3) is 0 Å². The molecule has 1 heterocycles. The van der Waals surface area contributed by atoms with Crippen LogP contribution in [0.3, 0.4) is 0 Å². The Morgan fingerprint density at radius 2 is 2.24 bits per heavy atom. The van der Waals surface area contributed by atoms with Gasteiger partial charge in [0, 0.05) is 31.1 Å². The van der Waals surface area contributed by atoms with Crippen molar-refractivity contribution in [2.45, 2.75) is 33.4 Å². The molecule has 1 atom stereocenters. The average Bonchev–Trinajstić information content (AvgIpc) is 2.85. The van der Waals surface area contributed by atoms with Crippen LogP contribution in [-0.2, 0) is 11.3 Å². The highest BCUT2D eigenvalue weighted by atomic mass is 32.1. The van der Waals surface area contributed by atoms with Crippen LogP contribution >= 0.6 is 11.3 Å². The molecule has 21 heavy (non-hydrogen) atoms. The summed E-state index contributed by atoms with van der Waals surface area (Å²) in [5.74, 6) is 0.0713. The predicted octanol–water partition coefficient (Wildman–Crippen LogP) is 3.60. The smallest absolute Gasteiger partial charge is 0.219 e. The summed E-state index contributed by atoms with van der Waals surface area (Å²) in [5.41, 5.74) is 5.13. The number of thiazole rings is 1. The average molecular weight is 303 g/mol. The molecule has 4 nitrogen and oxygen atoms in total. The Hall–Kier alpha value is -1.88. The van der Waals surface area contributed by atoms with Gasteiger partial charge in [0.05, 0.1) is 17.2 Å². The SMILES string of the molecule is CC(=O)N(C)Cc1cccc(NC(C)c2scnc2C)c1. The molecule has 1 unspecified atom stereocenters. The number of carbonyl (C=O) groups excluding carboxylic acids is 1. The van der Waals surface area contributed by atoms with Crippen LogP contribution in [0.4, 0.5) is 5.69 Å². The number of nitrogens with zero attached hydrogens (tertiary/aromatic N) is 2. The van der Waals surface area contributed by atoms with E-state index in [2.05, 4.69) is 23.3 Å². The minimum Gasteiger partial charge on any atom is -0.378 e. The van der Waals surface area contributed by atoms with Gasteiger partial charge in [-0.15, -0.1) is 11.3 Å². The summed E-state index contributed by atoms with van der Waals surface area (Å²) >= 11 is 1.67. The zero-order valence-corrected chi connectivity index (χ0v) is 13.7. The van der Waals surface area contributed by atoms with Crippen molar-refractivity contribution < 1.29 is 4.79 Å². The first-order chi connectivity index (χ1) is 9.97. The fraction of sp³-hybridized carbons (Fsp3) is 0.375. The van der Waals surface area contributed by atoms with Crippen LogP contribution in [-0.4, -0.2) is 22.8 Å². The standard InChI is InChI=1S/C16H21N3OS/c1-11-16(21-10-17-11)12(2)18-15-7-5-6-14(8-15)9-19(4)13(3)20/h5-8,10,12,18H,9H2,1-4H3. The van der Waals surface area contributed by atoms with Gasteiger partial charge in [0.1, 0.15) is 0 Å². The molecule has 1 aromatic heterocycles. The second-order valence-corrected chi connectivity index (χ2v) is 6.13. The Labute approximate surface area is 129 Å². The molecule has 2 rings (SSSR count). The maximum atomic E-state index is 11.3. The van der Waals surface area contributed by atoms with Gasteiger partial charge in [0.15, 0.2) is 0 Å². The van der Waals surface area contributed by atoms with Gasteiger partial charge in [-0.2, -0.15) is 0 Å². The van der Waals surface area contributed by atoms with Gasteiger partial charge < -0.3 is 10.2 Å². The summed E-state index contributed by atoms with van der Waals surface area (Å²) < 4.78 is 0. The number of benzene rings is 1. The molecular formula is C16H21N3OS. The van der Waals surface area contributed by atoms with Crippen LogP contribution in [0.15, 0.2) is 29.8 Å². The lowest BCUT2D eigenvalue weighted by molar-refractivity contribution is -0.128. The number of hydrogen-bond donors (Lipinski definition) is 1. The topological polar surface area (TPSA) is 45.2 Å². The maximum Gasteiger partial charge on any atom is 0.219 e. The van der Waals surface area contributed by atoms with Crippen molar-refractivity contribution >= 4 is 22.9 Å². The van der Waals surface area contributed by atoms with E-state index in [0.29, 0.717) is 6.54 Å². The van der Waals surface area contributed by atoms with E-state index in [4.69, 9.17) is 0 Å². The first kappa shape index (κ1) is 15.5. The van der Waals surface area contributed by atoms with Crippen molar-refractivity contribution in [3.05, 3.63) is 45.9 Å². The lowest BCUT2D eigenvalue weighted by Crippen LogP contribution is -2.23. The highest BCUT2D eigenvalue weighted by molar-refractivity contribution is 7.09.